The summed E-state index contributed by atoms with van der Waals surface area (Å²) >= 11 is 5.75. The molecule has 2 rings (SSSR count). The van der Waals surface area contributed by atoms with Crippen molar-refractivity contribution in [3.05, 3.63) is 17.0 Å². The standard InChI is InChI=1S/C9H10ClN3O2/c1-9(15)3-13(4-9)8-6(2-14)7(10)11-5-12-8/h2,5,15H,3-4H2,1H3. The van der Waals surface area contributed by atoms with Gasteiger partial charge in [-0.05, 0) is 6.92 Å². The molecule has 0 amide bonds. The van der Waals surface area contributed by atoms with Crippen molar-refractivity contribution in [3.63, 3.8) is 0 Å². The number of rotatable bonds is 2. The Hall–Kier alpha value is -1.20. The van der Waals surface area contributed by atoms with Gasteiger partial charge >= 0.3 is 0 Å². The van der Waals surface area contributed by atoms with Gasteiger partial charge in [0.25, 0.3) is 0 Å². The van der Waals surface area contributed by atoms with Crippen molar-refractivity contribution < 1.29 is 9.90 Å². The van der Waals surface area contributed by atoms with Crippen LogP contribution in [0.2, 0.25) is 5.15 Å². The molecular formula is C9H10ClN3O2. The van der Waals surface area contributed by atoms with E-state index in [1.807, 2.05) is 0 Å². The van der Waals surface area contributed by atoms with Crippen LogP contribution in [0.4, 0.5) is 5.82 Å². The van der Waals surface area contributed by atoms with Crippen LogP contribution in [0.5, 0.6) is 0 Å². The number of halogens is 1. The number of carbonyl (C=O) groups is 1. The molecular weight excluding hydrogens is 218 g/mol. The molecule has 0 radical (unpaired) electrons. The van der Waals surface area contributed by atoms with Crippen molar-refractivity contribution in [2.45, 2.75) is 12.5 Å². The summed E-state index contributed by atoms with van der Waals surface area (Å²) in [4.78, 5) is 20.3. The van der Waals surface area contributed by atoms with E-state index >= 15 is 0 Å². The highest BCUT2D eigenvalue weighted by Gasteiger charge is 2.38. The lowest BCUT2D eigenvalue weighted by molar-refractivity contribution is 0.0304. The van der Waals surface area contributed by atoms with E-state index in [-0.39, 0.29) is 10.7 Å². The maximum atomic E-state index is 10.8. The van der Waals surface area contributed by atoms with Gasteiger partial charge in [-0.3, -0.25) is 4.79 Å². The molecule has 1 N–H and O–H groups in total. The van der Waals surface area contributed by atoms with E-state index in [4.69, 9.17) is 11.6 Å². The molecule has 0 bridgehead atoms. The normalized spacial score (nSPS) is 18.5. The lowest BCUT2D eigenvalue weighted by atomic mass is 9.97. The molecule has 1 aliphatic heterocycles. The Labute approximate surface area is 91.7 Å². The number of nitrogens with zero attached hydrogens (tertiary/aromatic N) is 3. The first kappa shape index (κ1) is 10.3. The van der Waals surface area contributed by atoms with Crippen molar-refractivity contribution in [2.24, 2.45) is 0 Å². The van der Waals surface area contributed by atoms with E-state index in [0.717, 1.165) is 0 Å². The second kappa shape index (κ2) is 3.43. The van der Waals surface area contributed by atoms with E-state index < -0.39 is 5.60 Å². The van der Waals surface area contributed by atoms with Crippen LogP contribution in [0.1, 0.15) is 17.3 Å². The molecule has 0 aromatic carbocycles. The minimum Gasteiger partial charge on any atom is -0.386 e. The fraction of sp³-hybridized carbons (Fsp3) is 0.444. The molecule has 1 saturated heterocycles. The summed E-state index contributed by atoms with van der Waals surface area (Å²) in [6.07, 6.45) is 1.93. The first-order valence-corrected chi connectivity index (χ1v) is 4.84. The fourth-order valence-electron chi connectivity index (χ4n) is 1.64. The maximum absolute atomic E-state index is 10.8. The van der Waals surface area contributed by atoms with Gasteiger partial charge in [-0.25, -0.2) is 9.97 Å². The quantitative estimate of drug-likeness (QED) is 0.589. The molecule has 5 nitrogen and oxygen atoms in total. The average Bonchev–Trinajstić information content (AvgIpc) is 2.13. The lowest BCUT2D eigenvalue weighted by Gasteiger charge is -2.45. The molecule has 6 heteroatoms. The summed E-state index contributed by atoms with van der Waals surface area (Å²) in [6.45, 7) is 2.62. The molecule has 1 aliphatic rings. The number of aldehydes is 1. The van der Waals surface area contributed by atoms with Crippen LogP contribution < -0.4 is 4.90 Å². The molecule has 0 saturated carbocycles. The number of hydrogen-bond donors (Lipinski definition) is 1. The van der Waals surface area contributed by atoms with Gasteiger partial charge in [-0.1, -0.05) is 11.6 Å². The van der Waals surface area contributed by atoms with Crippen LogP contribution in [-0.2, 0) is 0 Å². The predicted molar refractivity (Wildman–Crippen MR) is 55.3 cm³/mol. The Morgan fingerprint density at radius 3 is 2.80 bits per heavy atom. The molecule has 2 heterocycles. The van der Waals surface area contributed by atoms with Crippen LogP contribution in [0.3, 0.4) is 0 Å². The Bertz CT molecular complexity index is 400. The molecule has 15 heavy (non-hydrogen) atoms. The van der Waals surface area contributed by atoms with E-state index in [1.165, 1.54) is 6.33 Å². The second-order valence-electron chi connectivity index (χ2n) is 3.87. The molecule has 80 valence electrons. The zero-order valence-corrected chi connectivity index (χ0v) is 8.90. The van der Waals surface area contributed by atoms with Gasteiger partial charge in [0.15, 0.2) is 6.29 Å². The predicted octanol–water partition coefficient (Wildman–Crippen LogP) is 0.514. The van der Waals surface area contributed by atoms with Crippen molar-refractivity contribution in [1.82, 2.24) is 9.97 Å². The van der Waals surface area contributed by atoms with Gasteiger partial charge in [-0.2, -0.15) is 0 Å². The van der Waals surface area contributed by atoms with Gasteiger partial charge in [0.2, 0.25) is 0 Å². The minimum atomic E-state index is -0.711. The summed E-state index contributed by atoms with van der Waals surface area (Å²) < 4.78 is 0. The van der Waals surface area contributed by atoms with E-state index in [9.17, 15) is 9.90 Å². The average molecular weight is 228 g/mol. The highest BCUT2D eigenvalue weighted by Crippen LogP contribution is 2.29. The fourth-order valence-corrected chi connectivity index (χ4v) is 1.82. The summed E-state index contributed by atoms with van der Waals surface area (Å²) in [5.41, 5.74) is -0.438. The summed E-state index contributed by atoms with van der Waals surface area (Å²) in [6, 6.07) is 0. The SMILES string of the molecule is CC1(O)CN(c2ncnc(Cl)c2C=O)C1. The van der Waals surface area contributed by atoms with Crippen LogP contribution in [0, 0.1) is 0 Å². The Morgan fingerprint density at radius 2 is 2.27 bits per heavy atom. The topological polar surface area (TPSA) is 66.3 Å². The molecule has 0 spiro atoms. The Kier molecular flexibility index (Phi) is 2.36. The summed E-state index contributed by atoms with van der Waals surface area (Å²) in [5, 5.41) is 9.71. The van der Waals surface area contributed by atoms with Crippen molar-refractivity contribution >= 4 is 23.7 Å². The number of aromatic nitrogens is 2. The molecule has 0 aliphatic carbocycles. The zero-order chi connectivity index (χ0) is 11.1. The molecule has 0 atom stereocenters. The third kappa shape index (κ3) is 1.80. The molecule has 1 fully saturated rings. The molecule has 1 aromatic heterocycles. The first-order chi connectivity index (χ1) is 7.03. The van der Waals surface area contributed by atoms with Crippen LogP contribution >= 0.6 is 11.6 Å². The van der Waals surface area contributed by atoms with Crippen LogP contribution in [0.25, 0.3) is 0 Å². The number of carbonyl (C=O) groups excluding carboxylic acids is 1. The second-order valence-corrected chi connectivity index (χ2v) is 4.23. The number of hydrogen-bond acceptors (Lipinski definition) is 5. The van der Waals surface area contributed by atoms with Gasteiger partial charge in [0.05, 0.1) is 11.2 Å². The molecule has 0 unspecified atom stereocenters. The highest BCUT2D eigenvalue weighted by atomic mass is 35.5. The van der Waals surface area contributed by atoms with Crippen LogP contribution in [-0.4, -0.2) is 40.1 Å². The first-order valence-electron chi connectivity index (χ1n) is 4.46. The lowest BCUT2D eigenvalue weighted by Crippen LogP contribution is -2.60. The van der Waals surface area contributed by atoms with E-state index in [2.05, 4.69) is 9.97 Å². The van der Waals surface area contributed by atoms with Crippen molar-refractivity contribution in [3.8, 4) is 0 Å². The smallest absolute Gasteiger partial charge is 0.156 e. The molecule has 1 aromatic rings. The Morgan fingerprint density at radius 1 is 1.60 bits per heavy atom. The summed E-state index contributed by atoms with van der Waals surface area (Å²) in [5.74, 6) is 0.483. The number of aliphatic hydroxyl groups is 1. The van der Waals surface area contributed by atoms with Gasteiger partial charge in [-0.15, -0.1) is 0 Å². The van der Waals surface area contributed by atoms with Crippen molar-refractivity contribution in [2.75, 3.05) is 18.0 Å². The van der Waals surface area contributed by atoms with E-state index in [1.54, 1.807) is 11.8 Å². The number of β-amino-alcohol motifs (C(OH)–C–C–N with tert-alkyl or cyclic N) is 1. The van der Waals surface area contributed by atoms with Gasteiger partial charge in [0, 0.05) is 13.1 Å². The van der Waals surface area contributed by atoms with E-state index in [0.29, 0.717) is 25.2 Å². The van der Waals surface area contributed by atoms with Gasteiger partial charge < -0.3 is 10.0 Å². The van der Waals surface area contributed by atoms with Crippen molar-refractivity contribution in [1.29, 1.82) is 0 Å². The van der Waals surface area contributed by atoms with Gasteiger partial charge in [0.1, 0.15) is 17.3 Å². The van der Waals surface area contributed by atoms with Crippen LogP contribution in [0.15, 0.2) is 6.33 Å². The summed E-state index contributed by atoms with van der Waals surface area (Å²) in [7, 11) is 0. The Balaban J connectivity index is 2.30. The maximum Gasteiger partial charge on any atom is 0.156 e. The third-order valence-electron chi connectivity index (χ3n) is 2.29. The monoisotopic (exact) mass is 227 g/mol. The largest absolute Gasteiger partial charge is 0.386 e. The highest BCUT2D eigenvalue weighted by molar-refractivity contribution is 6.32. The third-order valence-corrected chi connectivity index (χ3v) is 2.60. The number of anilines is 1. The minimum absolute atomic E-state index is 0.140. The zero-order valence-electron chi connectivity index (χ0n) is 8.14.